The summed E-state index contributed by atoms with van der Waals surface area (Å²) in [7, 11) is 0. The molecule has 1 fully saturated rings. The van der Waals surface area contributed by atoms with Crippen LogP contribution >= 0.6 is 0 Å². The first kappa shape index (κ1) is 14.6. The smallest absolute Gasteiger partial charge is 0.308 e. The first-order valence-electron chi connectivity index (χ1n) is 7.18. The fourth-order valence-corrected chi connectivity index (χ4v) is 2.81. The van der Waals surface area contributed by atoms with Crippen LogP contribution in [0.4, 0.5) is 0 Å². The Morgan fingerprint density at radius 1 is 1.20 bits per heavy atom. The first-order valence-corrected chi connectivity index (χ1v) is 7.18. The molecule has 2 rings (SSSR count). The Balaban J connectivity index is 2.09. The van der Waals surface area contributed by atoms with Crippen LogP contribution in [0.15, 0.2) is 24.3 Å². The van der Waals surface area contributed by atoms with Gasteiger partial charge < -0.3 is 10.4 Å². The maximum atomic E-state index is 12.2. The molecule has 1 amide bonds. The van der Waals surface area contributed by atoms with Gasteiger partial charge in [0.25, 0.3) is 5.91 Å². The Bertz CT molecular complexity index is 498. The van der Waals surface area contributed by atoms with Crippen LogP contribution in [0.5, 0.6) is 0 Å². The van der Waals surface area contributed by atoms with Gasteiger partial charge in [-0.3, -0.25) is 9.59 Å². The van der Waals surface area contributed by atoms with Crippen LogP contribution in [0.25, 0.3) is 0 Å². The summed E-state index contributed by atoms with van der Waals surface area (Å²) in [6.45, 7) is 1.93. The van der Waals surface area contributed by atoms with E-state index in [1.807, 2.05) is 25.1 Å². The van der Waals surface area contributed by atoms with Crippen LogP contribution in [0.1, 0.15) is 48.0 Å². The van der Waals surface area contributed by atoms with Gasteiger partial charge in [-0.1, -0.05) is 37.0 Å². The third-order valence-corrected chi connectivity index (χ3v) is 3.93. The van der Waals surface area contributed by atoms with Crippen LogP contribution in [0, 0.1) is 12.8 Å². The third kappa shape index (κ3) is 3.59. The van der Waals surface area contributed by atoms with E-state index in [1.165, 1.54) is 0 Å². The number of rotatable bonds is 3. The number of carbonyl (C=O) groups excluding carboxylic acids is 1. The van der Waals surface area contributed by atoms with Gasteiger partial charge in [0, 0.05) is 11.6 Å². The Morgan fingerprint density at radius 3 is 2.65 bits per heavy atom. The van der Waals surface area contributed by atoms with Crippen molar-refractivity contribution in [2.24, 2.45) is 5.92 Å². The van der Waals surface area contributed by atoms with Gasteiger partial charge in [0.15, 0.2) is 0 Å². The number of hydrogen-bond donors (Lipinski definition) is 2. The van der Waals surface area contributed by atoms with Gasteiger partial charge in [0.1, 0.15) is 0 Å². The van der Waals surface area contributed by atoms with E-state index >= 15 is 0 Å². The van der Waals surface area contributed by atoms with Crippen LogP contribution in [0.2, 0.25) is 0 Å². The number of benzene rings is 1. The lowest BCUT2D eigenvalue weighted by molar-refractivity contribution is -0.142. The summed E-state index contributed by atoms with van der Waals surface area (Å²) in [6, 6.07) is 7.09. The molecular formula is C16H21NO3. The monoisotopic (exact) mass is 275 g/mol. The number of carboxylic acid groups (broad SMARTS) is 1. The predicted octanol–water partition coefficient (Wildman–Crippen LogP) is 2.76. The van der Waals surface area contributed by atoms with Crippen molar-refractivity contribution in [2.75, 3.05) is 0 Å². The van der Waals surface area contributed by atoms with Crippen LogP contribution in [-0.2, 0) is 4.79 Å². The van der Waals surface area contributed by atoms with Crippen molar-refractivity contribution in [3.05, 3.63) is 35.4 Å². The lowest BCUT2D eigenvalue weighted by atomic mass is 9.94. The number of aryl methyl sites for hydroxylation is 1. The molecule has 4 nitrogen and oxygen atoms in total. The molecule has 0 spiro atoms. The van der Waals surface area contributed by atoms with E-state index in [4.69, 9.17) is 0 Å². The third-order valence-electron chi connectivity index (χ3n) is 3.93. The SMILES string of the molecule is Cc1cccc(C(=O)N[C@H]2CCCCC[C@H]2C(=O)O)c1. The summed E-state index contributed by atoms with van der Waals surface area (Å²) >= 11 is 0. The van der Waals surface area contributed by atoms with Gasteiger partial charge in [-0.15, -0.1) is 0 Å². The molecule has 4 heteroatoms. The molecule has 20 heavy (non-hydrogen) atoms. The van der Waals surface area contributed by atoms with E-state index in [0.29, 0.717) is 12.0 Å². The number of carboxylic acids is 1. The molecule has 1 aliphatic rings. The Morgan fingerprint density at radius 2 is 1.95 bits per heavy atom. The average Bonchev–Trinajstić information content (AvgIpc) is 2.64. The predicted molar refractivity (Wildman–Crippen MR) is 76.6 cm³/mol. The molecule has 0 aromatic heterocycles. The van der Waals surface area contributed by atoms with E-state index in [0.717, 1.165) is 31.2 Å². The zero-order valence-electron chi connectivity index (χ0n) is 11.8. The van der Waals surface area contributed by atoms with Gasteiger partial charge in [-0.2, -0.15) is 0 Å². The van der Waals surface area contributed by atoms with Crippen molar-refractivity contribution in [1.82, 2.24) is 5.32 Å². The molecule has 1 aromatic rings. The van der Waals surface area contributed by atoms with Gasteiger partial charge in [0.2, 0.25) is 0 Å². The first-order chi connectivity index (χ1) is 9.58. The molecule has 0 saturated heterocycles. The van der Waals surface area contributed by atoms with Crippen molar-refractivity contribution in [2.45, 2.75) is 45.1 Å². The van der Waals surface area contributed by atoms with E-state index in [-0.39, 0.29) is 11.9 Å². The largest absolute Gasteiger partial charge is 0.481 e. The standard InChI is InChI=1S/C16H21NO3/c1-11-6-5-7-12(10-11)15(18)17-14-9-4-2-3-8-13(14)16(19)20/h5-7,10,13-14H,2-4,8-9H2,1H3,(H,17,18)(H,19,20)/t13-,14+/m1/s1. The molecule has 108 valence electrons. The minimum Gasteiger partial charge on any atom is -0.481 e. The minimum absolute atomic E-state index is 0.174. The second-order valence-electron chi connectivity index (χ2n) is 5.53. The zero-order chi connectivity index (χ0) is 14.5. The maximum absolute atomic E-state index is 12.2. The summed E-state index contributed by atoms with van der Waals surface area (Å²) in [5, 5.41) is 12.2. The molecule has 0 heterocycles. The fraction of sp³-hybridized carbons (Fsp3) is 0.500. The quantitative estimate of drug-likeness (QED) is 0.834. The van der Waals surface area contributed by atoms with E-state index < -0.39 is 11.9 Å². The van der Waals surface area contributed by atoms with Crippen LogP contribution in [0.3, 0.4) is 0 Å². The second kappa shape index (κ2) is 6.55. The lowest BCUT2D eigenvalue weighted by Crippen LogP contribution is -2.42. The Hall–Kier alpha value is -1.84. The summed E-state index contributed by atoms with van der Waals surface area (Å²) in [6.07, 6.45) is 4.33. The highest BCUT2D eigenvalue weighted by atomic mass is 16.4. The van der Waals surface area contributed by atoms with Gasteiger partial charge in [0.05, 0.1) is 5.92 Å². The summed E-state index contributed by atoms with van der Waals surface area (Å²) < 4.78 is 0. The molecule has 0 aliphatic heterocycles. The van der Waals surface area contributed by atoms with Gasteiger partial charge in [-0.25, -0.2) is 0 Å². The highest BCUT2D eigenvalue weighted by molar-refractivity contribution is 5.94. The number of amides is 1. The summed E-state index contributed by atoms with van der Waals surface area (Å²) in [5.41, 5.74) is 1.62. The summed E-state index contributed by atoms with van der Waals surface area (Å²) in [4.78, 5) is 23.6. The molecule has 0 radical (unpaired) electrons. The van der Waals surface area contributed by atoms with Gasteiger partial charge in [-0.05, 0) is 31.9 Å². The topological polar surface area (TPSA) is 66.4 Å². The highest BCUT2D eigenvalue weighted by Crippen LogP contribution is 2.24. The normalized spacial score (nSPS) is 22.9. The number of nitrogens with one attached hydrogen (secondary N) is 1. The molecule has 1 saturated carbocycles. The van der Waals surface area contributed by atoms with E-state index in [2.05, 4.69) is 5.32 Å². The molecular weight excluding hydrogens is 254 g/mol. The van der Waals surface area contributed by atoms with Crippen LogP contribution in [-0.4, -0.2) is 23.0 Å². The van der Waals surface area contributed by atoms with Crippen molar-refractivity contribution in [3.8, 4) is 0 Å². The Kier molecular flexibility index (Phi) is 4.77. The molecule has 1 aliphatic carbocycles. The summed E-state index contributed by atoms with van der Waals surface area (Å²) in [5.74, 6) is -1.44. The molecule has 0 bridgehead atoms. The van der Waals surface area contributed by atoms with Crippen molar-refractivity contribution in [1.29, 1.82) is 0 Å². The van der Waals surface area contributed by atoms with Crippen molar-refractivity contribution in [3.63, 3.8) is 0 Å². The van der Waals surface area contributed by atoms with E-state index in [1.54, 1.807) is 6.07 Å². The van der Waals surface area contributed by atoms with E-state index in [9.17, 15) is 14.7 Å². The molecule has 2 N–H and O–H groups in total. The number of carbonyl (C=O) groups is 2. The number of hydrogen-bond acceptors (Lipinski definition) is 2. The average molecular weight is 275 g/mol. The fourth-order valence-electron chi connectivity index (χ4n) is 2.81. The number of aliphatic carboxylic acids is 1. The van der Waals surface area contributed by atoms with Crippen molar-refractivity contribution >= 4 is 11.9 Å². The zero-order valence-corrected chi connectivity index (χ0v) is 11.8. The van der Waals surface area contributed by atoms with Crippen LogP contribution < -0.4 is 5.32 Å². The van der Waals surface area contributed by atoms with Gasteiger partial charge >= 0.3 is 5.97 Å². The molecule has 2 atom stereocenters. The minimum atomic E-state index is -0.804. The van der Waals surface area contributed by atoms with Crippen molar-refractivity contribution < 1.29 is 14.7 Å². The maximum Gasteiger partial charge on any atom is 0.308 e. The lowest BCUT2D eigenvalue weighted by Gasteiger charge is -2.23. The molecule has 1 aromatic carbocycles. The molecule has 0 unspecified atom stereocenters. The Labute approximate surface area is 119 Å². The second-order valence-corrected chi connectivity index (χ2v) is 5.53. The highest BCUT2D eigenvalue weighted by Gasteiger charge is 2.30.